The van der Waals surface area contributed by atoms with Gasteiger partial charge in [-0.1, -0.05) is 0 Å². The van der Waals surface area contributed by atoms with Crippen LogP contribution in [0.5, 0.6) is 0 Å². The van der Waals surface area contributed by atoms with Crippen LogP contribution in [0.25, 0.3) is 0 Å². The standard InChI is InChI=1S/C21H30N4O5/c1-16-14-20(19(15-21(16)29)23-7-11-26)24-18-4-2-17(3-5-18)22-6-8-25(30,9-12-27)10-13-28/h2-5,14-15,22-23,26-28H,6-13H2,1H3/b24-20-. The molecule has 9 heteroatoms. The smallest absolute Gasteiger partial charge is 0.183 e. The van der Waals surface area contributed by atoms with E-state index in [9.17, 15) is 10.0 Å². The van der Waals surface area contributed by atoms with Gasteiger partial charge < -0.3 is 35.8 Å². The molecule has 0 radical (unpaired) electrons. The molecule has 1 aliphatic carbocycles. The van der Waals surface area contributed by atoms with Crippen LogP contribution in [-0.2, 0) is 4.79 Å². The number of carbonyl (C=O) groups is 1. The maximum Gasteiger partial charge on any atom is 0.183 e. The molecule has 0 aliphatic heterocycles. The Labute approximate surface area is 176 Å². The van der Waals surface area contributed by atoms with Crippen molar-refractivity contribution in [1.29, 1.82) is 0 Å². The van der Waals surface area contributed by atoms with Gasteiger partial charge in [-0.2, -0.15) is 0 Å². The summed E-state index contributed by atoms with van der Waals surface area (Å²) in [5.41, 5.74) is 3.28. The molecule has 0 saturated heterocycles. The van der Waals surface area contributed by atoms with Crippen molar-refractivity contribution in [2.45, 2.75) is 6.92 Å². The molecule has 9 nitrogen and oxygen atoms in total. The molecule has 0 bridgehead atoms. The van der Waals surface area contributed by atoms with E-state index in [1.54, 1.807) is 13.0 Å². The van der Waals surface area contributed by atoms with Gasteiger partial charge in [-0.05, 0) is 42.8 Å². The maximum absolute atomic E-state index is 12.4. The zero-order chi connectivity index (χ0) is 22.0. The van der Waals surface area contributed by atoms with Gasteiger partial charge in [0.05, 0.1) is 50.0 Å². The molecule has 2 rings (SSSR count). The van der Waals surface area contributed by atoms with Crippen molar-refractivity contribution in [3.63, 3.8) is 0 Å². The predicted octanol–water partition coefficient (Wildman–Crippen LogP) is 0.465. The molecule has 30 heavy (non-hydrogen) atoms. The van der Waals surface area contributed by atoms with Crippen LogP contribution in [0.15, 0.2) is 52.7 Å². The fraction of sp³-hybridized carbons (Fsp3) is 0.429. The topological polar surface area (TPSA) is 137 Å². The van der Waals surface area contributed by atoms with Crippen LogP contribution >= 0.6 is 0 Å². The Morgan fingerprint density at radius 3 is 2.20 bits per heavy atom. The second-order valence-electron chi connectivity index (χ2n) is 7.05. The summed E-state index contributed by atoms with van der Waals surface area (Å²) in [6, 6.07) is 7.32. The molecular formula is C21H30N4O5. The largest absolute Gasteiger partial charge is 0.633 e. The Morgan fingerprint density at radius 2 is 1.60 bits per heavy atom. The molecule has 0 unspecified atom stereocenters. The van der Waals surface area contributed by atoms with Crippen LogP contribution in [-0.4, -0.2) is 84.0 Å². The number of anilines is 1. The van der Waals surface area contributed by atoms with Gasteiger partial charge in [-0.3, -0.25) is 4.79 Å². The van der Waals surface area contributed by atoms with Gasteiger partial charge in [0.25, 0.3) is 0 Å². The normalized spacial score (nSPS) is 15.8. The summed E-state index contributed by atoms with van der Waals surface area (Å²) < 4.78 is -0.647. The van der Waals surface area contributed by atoms with Gasteiger partial charge in [0.1, 0.15) is 13.1 Å². The molecule has 0 amide bonds. The third-order valence-electron chi connectivity index (χ3n) is 4.70. The molecule has 1 aromatic carbocycles. The zero-order valence-corrected chi connectivity index (χ0v) is 17.2. The molecule has 0 saturated carbocycles. The Bertz CT molecular complexity index is 796. The Hall–Kier alpha value is -2.56. The number of quaternary nitrogens is 1. The molecule has 0 heterocycles. The van der Waals surface area contributed by atoms with E-state index in [4.69, 9.17) is 15.3 Å². The summed E-state index contributed by atoms with van der Waals surface area (Å²) in [5.74, 6) is -0.0933. The maximum atomic E-state index is 12.4. The second kappa shape index (κ2) is 11.6. The predicted molar refractivity (Wildman–Crippen MR) is 116 cm³/mol. The van der Waals surface area contributed by atoms with E-state index in [1.165, 1.54) is 6.08 Å². The summed E-state index contributed by atoms with van der Waals surface area (Å²) in [7, 11) is 0. The second-order valence-corrected chi connectivity index (χ2v) is 7.05. The number of allylic oxidation sites excluding steroid dienone is 3. The van der Waals surface area contributed by atoms with E-state index in [2.05, 4.69) is 15.6 Å². The summed E-state index contributed by atoms with van der Waals surface area (Å²) in [5, 5.41) is 45.7. The lowest BCUT2D eigenvalue weighted by Crippen LogP contribution is -2.49. The van der Waals surface area contributed by atoms with Crippen LogP contribution in [0, 0.1) is 5.21 Å². The van der Waals surface area contributed by atoms with E-state index in [0.717, 1.165) is 5.69 Å². The van der Waals surface area contributed by atoms with Crippen LogP contribution in [0.3, 0.4) is 0 Å². The van der Waals surface area contributed by atoms with Gasteiger partial charge in [0.2, 0.25) is 0 Å². The van der Waals surface area contributed by atoms with E-state index in [1.807, 2.05) is 24.3 Å². The first-order chi connectivity index (χ1) is 14.4. The number of ketones is 1. The monoisotopic (exact) mass is 418 g/mol. The van der Waals surface area contributed by atoms with E-state index < -0.39 is 4.65 Å². The Balaban J connectivity index is 2.02. The van der Waals surface area contributed by atoms with Crippen molar-refractivity contribution in [3.8, 4) is 0 Å². The fourth-order valence-electron chi connectivity index (χ4n) is 2.99. The van der Waals surface area contributed by atoms with Crippen LogP contribution in [0.4, 0.5) is 11.4 Å². The molecule has 164 valence electrons. The number of hydroxylamine groups is 3. The highest BCUT2D eigenvalue weighted by Crippen LogP contribution is 2.20. The summed E-state index contributed by atoms with van der Waals surface area (Å²) in [6.45, 7) is 2.29. The average molecular weight is 418 g/mol. The minimum atomic E-state index is -0.647. The van der Waals surface area contributed by atoms with Crippen molar-refractivity contribution in [2.75, 3.05) is 57.9 Å². The lowest BCUT2D eigenvalue weighted by Gasteiger charge is -2.42. The van der Waals surface area contributed by atoms with Crippen molar-refractivity contribution in [3.05, 3.63) is 52.9 Å². The summed E-state index contributed by atoms with van der Waals surface area (Å²) in [6.07, 6.45) is 3.19. The average Bonchev–Trinajstić information content (AvgIpc) is 2.71. The highest BCUT2D eigenvalue weighted by atomic mass is 16.5. The molecule has 0 aromatic heterocycles. The number of benzene rings is 1. The lowest BCUT2D eigenvalue weighted by molar-refractivity contribution is -0.879. The number of nitrogens with one attached hydrogen (secondary N) is 2. The Morgan fingerprint density at radius 1 is 0.933 bits per heavy atom. The van der Waals surface area contributed by atoms with Gasteiger partial charge in [-0.15, -0.1) is 0 Å². The van der Waals surface area contributed by atoms with Crippen LogP contribution in [0.2, 0.25) is 0 Å². The zero-order valence-electron chi connectivity index (χ0n) is 17.2. The SMILES string of the molecule is CC1=C/C(=N/c2ccc(NCC[N+]([O-])(CCO)CCO)cc2)C(NCCO)=CC1=O. The van der Waals surface area contributed by atoms with Crippen molar-refractivity contribution < 1.29 is 24.8 Å². The molecule has 0 fully saturated rings. The first kappa shape index (κ1) is 23.7. The van der Waals surface area contributed by atoms with Crippen LogP contribution < -0.4 is 10.6 Å². The molecule has 0 atom stereocenters. The number of carbonyl (C=O) groups excluding carboxylic acids is 1. The van der Waals surface area contributed by atoms with Gasteiger partial charge in [0.15, 0.2) is 5.78 Å². The van der Waals surface area contributed by atoms with Gasteiger partial charge >= 0.3 is 0 Å². The number of nitrogens with zero attached hydrogens (tertiary/aromatic N) is 2. The first-order valence-electron chi connectivity index (χ1n) is 9.91. The molecule has 1 aromatic rings. The lowest BCUT2D eigenvalue weighted by atomic mass is 10.0. The minimum Gasteiger partial charge on any atom is -0.633 e. The number of aliphatic imine (C=N–C) groups is 1. The number of rotatable bonds is 12. The van der Waals surface area contributed by atoms with Crippen molar-refractivity contribution >= 4 is 22.9 Å². The molecule has 5 N–H and O–H groups in total. The highest BCUT2D eigenvalue weighted by Gasteiger charge is 2.16. The number of aliphatic hydroxyl groups excluding tert-OH is 3. The van der Waals surface area contributed by atoms with Crippen molar-refractivity contribution in [1.82, 2.24) is 5.32 Å². The highest BCUT2D eigenvalue weighted by molar-refractivity contribution is 6.22. The van der Waals surface area contributed by atoms with Gasteiger partial charge in [-0.25, -0.2) is 4.99 Å². The molecule has 0 spiro atoms. The molecular weight excluding hydrogens is 388 g/mol. The summed E-state index contributed by atoms with van der Waals surface area (Å²) >= 11 is 0. The first-order valence-corrected chi connectivity index (χ1v) is 9.91. The Kier molecular flexibility index (Phi) is 9.15. The van der Waals surface area contributed by atoms with E-state index in [-0.39, 0.29) is 45.2 Å². The number of hydrogen-bond acceptors (Lipinski definition) is 8. The number of aliphatic hydroxyl groups is 3. The fourth-order valence-corrected chi connectivity index (χ4v) is 2.99. The third-order valence-corrected chi connectivity index (χ3v) is 4.70. The number of hydrogen-bond donors (Lipinski definition) is 5. The van der Waals surface area contributed by atoms with Crippen LogP contribution in [0.1, 0.15) is 6.92 Å². The van der Waals surface area contributed by atoms with Crippen molar-refractivity contribution in [2.24, 2.45) is 4.99 Å². The van der Waals surface area contributed by atoms with E-state index in [0.29, 0.717) is 35.8 Å². The molecule has 1 aliphatic rings. The van der Waals surface area contributed by atoms with E-state index >= 15 is 0 Å². The quantitative estimate of drug-likeness (QED) is 0.189. The minimum absolute atomic E-state index is 0.0499. The summed E-state index contributed by atoms with van der Waals surface area (Å²) in [4.78, 5) is 16.5. The third kappa shape index (κ3) is 7.05. The van der Waals surface area contributed by atoms with Gasteiger partial charge in [0, 0.05) is 18.3 Å².